The number of rotatable bonds is 2. The SMILES string of the molecule is CC1CN(c2snc(N)c2-c2ccccc2)CC(C)(C)O1. The number of hydrogen-bond donors (Lipinski definition) is 1. The molecule has 21 heavy (non-hydrogen) atoms. The molecule has 0 aliphatic carbocycles. The third-order valence-electron chi connectivity index (χ3n) is 3.62. The molecule has 1 atom stereocenters. The van der Waals surface area contributed by atoms with Gasteiger partial charge in [-0.15, -0.1) is 0 Å². The fraction of sp³-hybridized carbons (Fsp3) is 0.438. The third-order valence-corrected chi connectivity index (χ3v) is 4.54. The van der Waals surface area contributed by atoms with Crippen LogP contribution in [0.25, 0.3) is 11.1 Å². The summed E-state index contributed by atoms with van der Waals surface area (Å²) in [6, 6.07) is 10.2. The maximum absolute atomic E-state index is 6.12. The molecule has 2 N–H and O–H groups in total. The molecule has 0 radical (unpaired) electrons. The van der Waals surface area contributed by atoms with Gasteiger partial charge in [-0.2, -0.15) is 4.37 Å². The van der Waals surface area contributed by atoms with E-state index in [-0.39, 0.29) is 11.7 Å². The van der Waals surface area contributed by atoms with Crippen molar-refractivity contribution in [3.8, 4) is 11.1 Å². The summed E-state index contributed by atoms with van der Waals surface area (Å²) in [6.45, 7) is 8.08. The summed E-state index contributed by atoms with van der Waals surface area (Å²) >= 11 is 1.48. The zero-order valence-corrected chi connectivity index (χ0v) is 13.5. The lowest BCUT2D eigenvalue weighted by atomic mass is 10.0. The number of nitrogen functional groups attached to an aromatic ring is 1. The highest BCUT2D eigenvalue weighted by Gasteiger charge is 2.33. The fourth-order valence-corrected chi connectivity index (χ4v) is 3.84. The van der Waals surface area contributed by atoms with E-state index in [0.29, 0.717) is 5.82 Å². The molecule has 3 rings (SSSR count). The Bertz CT molecular complexity index is 624. The maximum Gasteiger partial charge on any atom is 0.147 e. The summed E-state index contributed by atoms with van der Waals surface area (Å²) < 4.78 is 10.4. The first-order valence-electron chi connectivity index (χ1n) is 7.19. The largest absolute Gasteiger partial charge is 0.382 e. The second kappa shape index (κ2) is 5.31. The van der Waals surface area contributed by atoms with Crippen molar-refractivity contribution < 1.29 is 4.74 Å². The normalized spacial score (nSPS) is 21.5. The molecule has 4 nitrogen and oxygen atoms in total. The summed E-state index contributed by atoms with van der Waals surface area (Å²) in [5.74, 6) is 0.609. The monoisotopic (exact) mass is 303 g/mol. The smallest absolute Gasteiger partial charge is 0.147 e. The second-order valence-corrected chi connectivity index (χ2v) is 6.93. The highest BCUT2D eigenvalue weighted by Crippen LogP contribution is 2.41. The van der Waals surface area contributed by atoms with E-state index >= 15 is 0 Å². The number of aromatic nitrogens is 1. The van der Waals surface area contributed by atoms with Crippen LogP contribution in [0.1, 0.15) is 20.8 Å². The van der Waals surface area contributed by atoms with Gasteiger partial charge in [-0.25, -0.2) is 0 Å². The van der Waals surface area contributed by atoms with Crippen LogP contribution in [0.15, 0.2) is 30.3 Å². The molecule has 1 saturated heterocycles. The molecule has 1 aliphatic rings. The van der Waals surface area contributed by atoms with E-state index in [1.54, 1.807) is 0 Å². The van der Waals surface area contributed by atoms with Crippen molar-refractivity contribution in [3.05, 3.63) is 30.3 Å². The molecule has 0 amide bonds. The molecule has 1 aromatic carbocycles. The summed E-state index contributed by atoms with van der Waals surface area (Å²) in [5.41, 5.74) is 8.13. The molecular formula is C16H21N3OS. The van der Waals surface area contributed by atoms with Gasteiger partial charge in [-0.3, -0.25) is 0 Å². The van der Waals surface area contributed by atoms with Gasteiger partial charge >= 0.3 is 0 Å². The number of anilines is 2. The van der Waals surface area contributed by atoms with Crippen molar-refractivity contribution >= 4 is 22.4 Å². The quantitative estimate of drug-likeness (QED) is 0.924. The summed E-state index contributed by atoms with van der Waals surface area (Å²) in [6.07, 6.45) is 0.195. The Hall–Kier alpha value is -1.59. The Kier molecular flexibility index (Phi) is 3.63. The summed E-state index contributed by atoms with van der Waals surface area (Å²) in [5, 5.41) is 1.14. The van der Waals surface area contributed by atoms with Crippen LogP contribution in [0.5, 0.6) is 0 Å². The molecule has 1 unspecified atom stereocenters. The molecule has 1 aromatic heterocycles. The molecule has 0 spiro atoms. The van der Waals surface area contributed by atoms with E-state index in [1.165, 1.54) is 11.5 Å². The average molecular weight is 303 g/mol. The van der Waals surface area contributed by atoms with Gasteiger partial charge in [0, 0.05) is 13.1 Å². The topological polar surface area (TPSA) is 51.4 Å². The summed E-state index contributed by atoms with van der Waals surface area (Å²) in [4.78, 5) is 2.35. The lowest BCUT2D eigenvalue weighted by Crippen LogP contribution is -2.51. The van der Waals surface area contributed by atoms with Crippen molar-refractivity contribution in [2.75, 3.05) is 23.7 Å². The van der Waals surface area contributed by atoms with Gasteiger partial charge < -0.3 is 15.4 Å². The van der Waals surface area contributed by atoms with Gasteiger partial charge in [-0.05, 0) is 37.9 Å². The predicted molar refractivity (Wildman–Crippen MR) is 88.8 cm³/mol. The van der Waals surface area contributed by atoms with Crippen LogP contribution in [0.3, 0.4) is 0 Å². The Morgan fingerprint density at radius 1 is 1.33 bits per heavy atom. The summed E-state index contributed by atoms with van der Waals surface area (Å²) in [7, 11) is 0. The lowest BCUT2D eigenvalue weighted by Gasteiger charge is -2.42. The van der Waals surface area contributed by atoms with Gasteiger partial charge in [0.25, 0.3) is 0 Å². The van der Waals surface area contributed by atoms with Crippen LogP contribution >= 0.6 is 11.5 Å². The standard InChI is InChI=1S/C16H21N3OS/c1-11-9-19(10-16(2,3)20-11)15-13(14(17)18-21-15)12-7-5-4-6-8-12/h4-8,11H,9-10H2,1-3H3,(H2,17,18). The first kappa shape index (κ1) is 14.4. The van der Waals surface area contributed by atoms with Gasteiger partial charge in [-0.1, -0.05) is 30.3 Å². The Morgan fingerprint density at radius 2 is 2.05 bits per heavy atom. The van der Waals surface area contributed by atoms with Crippen molar-refractivity contribution in [1.82, 2.24) is 4.37 Å². The van der Waals surface area contributed by atoms with Gasteiger partial charge in [0.05, 0.1) is 17.3 Å². The fourth-order valence-electron chi connectivity index (χ4n) is 2.99. The van der Waals surface area contributed by atoms with Crippen LogP contribution in [-0.4, -0.2) is 29.2 Å². The minimum Gasteiger partial charge on any atom is -0.382 e. The minimum absolute atomic E-state index is 0.162. The molecule has 5 heteroatoms. The Morgan fingerprint density at radius 3 is 2.71 bits per heavy atom. The average Bonchev–Trinajstić information content (AvgIpc) is 2.79. The first-order chi connectivity index (χ1) is 9.96. The Balaban J connectivity index is 2.00. The zero-order chi connectivity index (χ0) is 15.0. The van der Waals surface area contributed by atoms with E-state index in [1.807, 2.05) is 18.2 Å². The highest BCUT2D eigenvalue weighted by atomic mass is 32.1. The molecule has 1 aliphatic heterocycles. The molecule has 112 valence electrons. The van der Waals surface area contributed by atoms with Crippen LogP contribution in [0, 0.1) is 0 Å². The number of morpholine rings is 1. The van der Waals surface area contributed by atoms with Gasteiger partial charge in [0.1, 0.15) is 10.8 Å². The number of ether oxygens (including phenoxy) is 1. The van der Waals surface area contributed by atoms with Crippen LogP contribution in [0.4, 0.5) is 10.8 Å². The number of nitrogens with zero attached hydrogens (tertiary/aromatic N) is 2. The Labute approximate surface area is 129 Å². The van der Waals surface area contributed by atoms with E-state index in [4.69, 9.17) is 10.5 Å². The van der Waals surface area contributed by atoms with Gasteiger partial charge in [0.15, 0.2) is 0 Å². The molecule has 2 heterocycles. The first-order valence-corrected chi connectivity index (χ1v) is 7.97. The molecule has 0 saturated carbocycles. The molecule has 0 bridgehead atoms. The third kappa shape index (κ3) is 2.89. The van der Waals surface area contributed by atoms with E-state index < -0.39 is 0 Å². The molecule has 2 aromatic rings. The zero-order valence-electron chi connectivity index (χ0n) is 12.7. The van der Waals surface area contributed by atoms with Crippen molar-refractivity contribution in [1.29, 1.82) is 0 Å². The van der Waals surface area contributed by atoms with E-state index in [0.717, 1.165) is 29.2 Å². The van der Waals surface area contributed by atoms with E-state index in [2.05, 4.69) is 42.2 Å². The number of nitrogens with two attached hydrogens (primary N) is 1. The second-order valence-electron chi connectivity index (χ2n) is 6.18. The number of benzene rings is 1. The minimum atomic E-state index is -0.162. The molecule has 1 fully saturated rings. The van der Waals surface area contributed by atoms with Crippen molar-refractivity contribution in [2.24, 2.45) is 0 Å². The molecular weight excluding hydrogens is 282 g/mol. The maximum atomic E-state index is 6.12. The van der Waals surface area contributed by atoms with E-state index in [9.17, 15) is 0 Å². The van der Waals surface area contributed by atoms with Crippen molar-refractivity contribution in [3.63, 3.8) is 0 Å². The predicted octanol–water partition coefficient (Wildman–Crippen LogP) is 3.40. The number of hydrogen-bond acceptors (Lipinski definition) is 5. The van der Waals surface area contributed by atoms with Crippen LogP contribution in [-0.2, 0) is 4.74 Å². The van der Waals surface area contributed by atoms with Crippen LogP contribution in [0.2, 0.25) is 0 Å². The van der Waals surface area contributed by atoms with Crippen LogP contribution < -0.4 is 10.6 Å². The lowest BCUT2D eigenvalue weighted by molar-refractivity contribution is -0.0747. The van der Waals surface area contributed by atoms with Crippen molar-refractivity contribution in [2.45, 2.75) is 32.5 Å². The highest BCUT2D eigenvalue weighted by molar-refractivity contribution is 7.11. The van der Waals surface area contributed by atoms with Gasteiger partial charge in [0.2, 0.25) is 0 Å².